The average Bonchev–Trinajstić information content (AvgIpc) is 2.17. The highest BCUT2D eigenvalue weighted by Crippen LogP contribution is 2.20. The second-order valence-corrected chi connectivity index (χ2v) is 4.57. The number of aliphatic hydroxyl groups excluding tert-OH is 1. The van der Waals surface area contributed by atoms with Gasteiger partial charge in [0.1, 0.15) is 5.82 Å². The topological polar surface area (TPSA) is 20.2 Å². The number of rotatable bonds is 5. The van der Waals surface area contributed by atoms with Crippen LogP contribution in [0.5, 0.6) is 0 Å². The number of aliphatic hydroxyl groups is 1. The van der Waals surface area contributed by atoms with E-state index >= 15 is 0 Å². The van der Waals surface area contributed by atoms with E-state index in [9.17, 15) is 9.50 Å². The highest BCUT2D eigenvalue weighted by Gasteiger charge is 2.06. The fourth-order valence-electron chi connectivity index (χ4n) is 1.52. The van der Waals surface area contributed by atoms with Crippen LogP contribution in [0.15, 0.2) is 22.7 Å². The predicted octanol–water partition coefficient (Wildman–Crippen LogP) is 3.68. The van der Waals surface area contributed by atoms with Crippen LogP contribution < -0.4 is 0 Å². The summed E-state index contributed by atoms with van der Waals surface area (Å²) in [6.45, 7) is 2.05. The van der Waals surface area contributed by atoms with Crippen molar-refractivity contribution in [3.63, 3.8) is 0 Å². The van der Waals surface area contributed by atoms with Crippen LogP contribution in [-0.4, -0.2) is 11.2 Å². The van der Waals surface area contributed by atoms with Gasteiger partial charge < -0.3 is 5.11 Å². The molecule has 0 saturated heterocycles. The Bertz CT molecular complexity index is 314. The first-order chi connectivity index (χ1) is 7.13. The van der Waals surface area contributed by atoms with E-state index < -0.39 is 0 Å². The molecular weight excluding hydrogens is 259 g/mol. The van der Waals surface area contributed by atoms with Gasteiger partial charge in [0.25, 0.3) is 0 Å². The van der Waals surface area contributed by atoms with Gasteiger partial charge in [0, 0.05) is 4.47 Å². The van der Waals surface area contributed by atoms with Gasteiger partial charge in [0.2, 0.25) is 0 Å². The molecule has 0 amide bonds. The third-order valence-electron chi connectivity index (χ3n) is 2.38. The van der Waals surface area contributed by atoms with Crippen LogP contribution >= 0.6 is 15.9 Å². The minimum Gasteiger partial charge on any atom is -0.393 e. The highest BCUT2D eigenvalue weighted by molar-refractivity contribution is 9.10. The standard InChI is InChI=1S/C12H16BrFO/c1-2-3-11(15)7-5-9-4-6-10(14)8-12(9)13/h4,6,8,11,15H,2-3,5,7H2,1H3. The number of hydrogen-bond donors (Lipinski definition) is 1. The van der Waals surface area contributed by atoms with Gasteiger partial charge in [-0.2, -0.15) is 0 Å². The van der Waals surface area contributed by atoms with E-state index in [-0.39, 0.29) is 11.9 Å². The Morgan fingerprint density at radius 2 is 2.13 bits per heavy atom. The van der Waals surface area contributed by atoms with Gasteiger partial charge in [0.05, 0.1) is 6.10 Å². The van der Waals surface area contributed by atoms with Crippen LogP contribution in [0, 0.1) is 5.82 Å². The predicted molar refractivity (Wildman–Crippen MR) is 63.3 cm³/mol. The molecule has 1 atom stereocenters. The summed E-state index contributed by atoms with van der Waals surface area (Å²) < 4.78 is 13.6. The first-order valence-corrected chi connectivity index (χ1v) is 6.04. The Hall–Kier alpha value is -0.410. The summed E-state index contributed by atoms with van der Waals surface area (Å²) >= 11 is 3.31. The molecule has 1 aromatic rings. The SMILES string of the molecule is CCCC(O)CCc1ccc(F)cc1Br. The molecule has 0 saturated carbocycles. The molecule has 0 spiro atoms. The van der Waals surface area contributed by atoms with E-state index in [1.165, 1.54) is 12.1 Å². The zero-order chi connectivity index (χ0) is 11.3. The van der Waals surface area contributed by atoms with Gasteiger partial charge in [-0.15, -0.1) is 0 Å². The minimum atomic E-state index is -0.244. The van der Waals surface area contributed by atoms with Gasteiger partial charge in [-0.05, 0) is 37.0 Å². The summed E-state index contributed by atoms with van der Waals surface area (Å²) in [7, 11) is 0. The third-order valence-corrected chi connectivity index (χ3v) is 3.12. The molecule has 1 rings (SSSR count). The first-order valence-electron chi connectivity index (χ1n) is 5.25. The highest BCUT2D eigenvalue weighted by atomic mass is 79.9. The zero-order valence-corrected chi connectivity index (χ0v) is 10.4. The first kappa shape index (κ1) is 12.7. The quantitative estimate of drug-likeness (QED) is 0.869. The van der Waals surface area contributed by atoms with Gasteiger partial charge in [-0.25, -0.2) is 4.39 Å². The number of aryl methyl sites for hydroxylation is 1. The Kier molecular flexibility index (Phi) is 5.26. The lowest BCUT2D eigenvalue weighted by Crippen LogP contribution is -2.07. The molecule has 0 aliphatic heterocycles. The summed E-state index contributed by atoms with van der Waals surface area (Å²) in [5, 5.41) is 9.57. The Labute approximate surface area is 98.4 Å². The number of benzene rings is 1. The molecule has 1 N–H and O–H groups in total. The Balaban J connectivity index is 2.50. The van der Waals surface area contributed by atoms with Gasteiger partial charge >= 0.3 is 0 Å². The molecule has 0 heterocycles. The van der Waals surface area contributed by atoms with Crippen molar-refractivity contribution in [2.45, 2.75) is 38.7 Å². The number of halogens is 2. The Morgan fingerprint density at radius 3 is 2.73 bits per heavy atom. The third kappa shape index (κ3) is 4.31. The van der Waals surface area contributed by atoms with Crippen LogP contribution in [0.1, 0.15) is 31.7 Å². The van der Waals surface area contributed by atoms with Crippen molar-refractivity contribution in [1.29, 1.82) is 0 Å². The second kappa shape index (κ2) is 6.23. The van der Waals surface area contributed by atoms with Crippen molar-refractivity contribution in [1.82, 2.24) is 0 Å². The van der Waals surface area contributed by atoms with Crippen molar-refractivity contribution in [3.05, 3.63) is 34.1 Å². The molecule has 0 aliphatic rings. The summed E-state index contributed by atoms with van der Waals surface area (Å²) in [6.07, 6.45) is 3.09. The second-order valence-electron chi connectivity index (χ2n) is 3.72. The average molecular weight is 275 g/mol. The van der Waals surface area contributed by atoms with Gasteiger partial charge in [-0.1, -0.05) is 35.3 Å². The lowest BCUT2D eigenvalue weighted by molar-refractivity contribution is 0.154. The molecule has 0 radical (unpaired) electrons. The van der Waals surface area contributed by atoms with Crippen molar-refractivity contribution in [2.75, 3.05) is 0 Å². The zero-order valence-electron chi connectivity index (χ0n) is 8.84. The molecule has 15 heavy (non-hydrogen) atoms. The fourth-order valence-corrected chi connectivity index (χ4v) is 2.07. The molecule has 1 aromatic carbocycles. The lowest BCUT2D eigenvalue weighted by atomic mass is 10.0. The summed E-state index contributed by atoms with van der Waals surface area (Å²) in [4.78, 5) is 0. The van der Waals surface area contributed by atoms with E-state index in [4.69, 9.17) is 0 Å². The van der Waals surface area contributed by atoms with Crippen LogP contribution in [0.25, 0.3) is 0 Å². The molecule has 0 aromatic heterocycles. The molecule has 0 aliphatic carbocycles. The van der Waals surface area contributed by atoms with Crippen molar-refractivity contribution < 1.29 is 9.50 Å². The van der Waals surface area contributed by atoms with Crippen molar-refractivity contribution >= 4 is 15.9 Å². The van der Waals surface area contributed by atoms with E-state index in [0.717, 1.165) is 35.7 Å². The van der Waals surface area contributed by atoms with Crippen LogP contribution in [0.4, 0.5) is 4.39 Å². The van der Waals surface area contributed by atoms with Crippen LogP contribution in [0.2, 0.25) is 0 Å². The molecule has 1 nitrogen and oxygen atoms in total. The van der Waals surface area contributed by atoms with Crippen molar-refractivity contribution in [3.8, 4) is 0 Å². The summed E-state index contributed by atoms with van der Waals surface area (Å²) in [5.41, 5.74) is 1.05. The van der Waals surface area contributed by atoms with E-state index in [0.29, 0.717) is 0 Å². The maximum atomic E-state index is 12.8. The largest absolute Gasteiger partial charge is 0.393 e. The maximum Gasteiger partial charge on any atom is 0.124 e. The monoisotopic (exact) mass is 274 g/mol. The van der Waals surface area contributed by atoms with Gasteiger partial charge in [-0.3, -0.25) is 0 Å². The van der Waals surface area contributed by atoms with E-state index in [2.05, 4.69) is 22.9 Å². The van der Waals surface area contributed by atoms with Crippen LogP contribution in [0.3, 0.4) is 0 Å². The molecule has 84 valence electrons. The Morgan fingerprint density at radius 1 is 1.40 bits per heavy atom. The van der Waals surface area contributed by atoms with Crippen molar-refractivity contribution in [2.24, 2.45) is 0 Å². The maximum absolute atomic E-state index is 12.8. The summed E-state index contributed by atoms with van der Waals surface area (Å²) in [5.74, 6) is -0.236. The molecule has 3 heteroatoms. The van der Waals surface area contributed by atoms with E-state index in [1.54, 1.807) is 6.07 Å². The smallest absolute Gasteiger partial charge is 0.124 e. The molecular formula is C12H16BrFO. The number of hydrogen-bond acceptors (Lipinski definition) is 1. The van der Waals surface area contributed by atoms with Crippen LogP contribution in [-0.2, 0) is 6.42 Å². The normalized spacial score (nSPS) is 12.8. The lowest BCUT2D eigenvalue weighted by Gasteiger charge is -2.09. The fraction of sp³-hybridized carbons (Fsp3) is 0.500. The van der Waals surface area contributed by atoms with Gasteiger partial charge in [0.15, 0.2) is 0 Å². The molecule has 0 fully saturated rings. The minimum absolute atomic E-state index is 0.236. The van der Waals surface area contributed by atoms with E-state index in [1.807, 2.05) is 0 Å². The molecule has 0 bridgehead atoms. The summed E-state index contributed by atoms with van der Waals surface area (Å²) in [6, 6.07) is 4.67. The molecule has 1 unspecified atom stereocenters.